The standard InChI is InChI=1S/C45H40ClF8N5O5S2/c1-44(2,66(63,64)29-6-7-29)12-11-26-3-8-30(31-9-10-34(46)38-35(21-65(61,62)28-4-5-28)56-58(41(31)38)20-36(49)50)39(55-26)23(13-22-14-24(47)17-25(48)15-22)16-27(60)19-59-42-37(40(57-59)43(51)52)32-18-33(32)45(42,53)54/h3,8-10,14-15,17,23,28-29,32-33,36,43H,4-7,13,16,18-21H2,1-2H3/t23-,32+,33-/m1/s1. The highest BCUT2D eigenvalue weighted by atomic mass is 35.5. The predicted molar refractivity (Wildman–Crippen MR) is 227 cm³/mol. The topological polar surface area (TPSA) is 134 Å². The quantitative estimate of drug-likeness (QED) is 0.0706. The van der Waals surface area contributed by atoms with Gasteiger partial charge >= 0.3 is 0 Å². The second-order valence-corrected chi connectivity index (χ2v) is 23.5. The van der Waals surface area contributed by atoms with Crippen molar-refractivity contribution in [2.45, 2.75) is 123 Å². The third kappa shape index (κ3) is 8.52. The van der Waals surface area contributed by atoms with Gasteiger partial charge in [-0.2, -0.15) is 19.0 Å². The van der Waals surface area contributed by atoms with E-state index in [0.717, 1.165) is 16.8 Å². The molecule has 9 rings (SSSR count). The van der Waals surface area contributed by atoms with E-state index in [1.54, 1.807) is 0 Å². The molecule has 4 aliphatic carbocycles. The van der Waals surface area contributed by atoms with Crippen molar-refractivity contribution >= 4 is 48.0 Å². The third-order valence-corrected chi connectivity index (χ3v) is 18.1. The summed E-state index contributed by atoms with van der Waals surface area (Å²) in [6.45, 7) is 0.926. The molecule has 0 spiro atoms. The first-order chi connectivity index (χ1) is 31.0. The molecule has 0 aliphatic heterocycles. The molecule has 3 aromatic heterocycles. The molecule has 3 saturated carbocycles. The van der Waals surface area contributed by atoms with Crippen LogP contribution in [-0.2, 0) is 55.7 Å². The number of sulfone groups is 2. The van der Waals surface area contributed by atoms with Gasteiger partial charge in [0, 0.05) is 46.4 Å². The van der Waals surface area contributed by atoms with Gasteiger partial charge in [-0.25, -0.2) is 48.2 Å². The van der Waals surface area contributed by atoms with Crippen LogP contribution < -0.4 is 0 Å². The fraction of sp³-hybridized carbons (Fsp3) is 0.467. The molecule has 350 valence electrons. The van der Waals surface area contributed by atoms with Crippen LogP contribution in [0.3, 0.4) is 0 Å². The Balaban J connectivity index is 1.22. The van der Waals surface area contributed by atoms with Crippen LogP contribution in [0.2, 0.25) is 5.02 Å². The number of pyridine rings is 1. The Morgan fingerprint density at radius 1 is 0.909 bits per heavy atom. The van der Waals surface area contributed by atoms with E-state index in [1.807, 2.05) is 0 Å². The fourth-order valence-electron chi connectivity index (χ4n) is 9.20. The Morgan fingerprint density at radius 3 is 2.21 bits per heavy atom. The van der Waals surface area contributed by atoms with Gasteiger partial charge in [0.15, 0.2) is 25.5 Å². The second kappa shape index (κ2) is 16.4. The molecule has 0 unspecified atom stereocenters. The molecule has 4 aliphatic rings. The summed E-state index contributed by atoms with van der Waals surface area (Å²) in [5, 5.41) is 6.87. The van der Waals surface area contributed by atoms with E-state index in [1.165, 1.54) is 38.1 Å². The van der Waals surface area contributed by atoms with E-state index in [9.17, 15) is 48.0 Å². The number of Topliss-reactive ketones (excluding diaryl/α,β-unsaturated/α-hetero) is 1. The highest BCUT2D eigenvalue weighted by molar-refractivity contribution is 7.93. The molecule has 0 amide bonds. The van der Waals surface area contributed by atoms with Crippen molar-refractivity contribution in [2.24, 2.45) is 5.92 Å². The summed E-state index contributed by atoms with van der Waals surface area (Å²) in [6, 6.07) is 8.24. The summed E-state index contributed by atoms with van der Waals surface area (Å²) < 4.78 is 171. The predicted octanol–water partition coefficient (Wildman–Crippen LogP) is 9.41. The number of hydrogen-bond donors (Lipinski definition) is 0. The number of alkyl halides is 6. The number of carbonyl (C=O) groups is 1. The van der Waals surface area contributed by atoms with E-state index in [0.29, 0.717) is 36.4 Å². The molecule has 0 N–H and O–H groups in total. The van der Waals surface area contributed by atoms with Gasteiger partial charge in [0.05, 0.1) is 38.2 Å². The molecule has 3 heterocycles. The van der Waals surface area contributed by atoms with Crippen LogP contribution in [-0.4, -0.2) is 68.8 Å². The number of benzene rings is 2. The zero-order valence-electron chi connectivity index (χ0n) is 35.1. The molecule has 0 saturated heterocycles. The third-order valence-electron chi connectivity index (χ3n) is 12.7. The maximum absolute atomic E-state index is 15.6. The minimum Gasteiger partial charge on any atom is -0.298 e. The van der Waals surface area contributed by atoms with Crippen LogP contribution in [0.1, 0.15) is 110 Å². The summed E-state index contributed by atoms with van der Waals surface area (Å²) in [6.07, 6.45) is -5.49. The van der Waals surface area contributed by atoms with Crippen LogP contribution in [0, 0.1) is 29.4 Å². The van der Waals surface area contributed by atoms with E-state index < -0.39 is 126 Å². The monoisotopic (exact) mass is 981 g/mol. The summed E-state index contributed by atoms with van der Waals surface area (Å²) >= 11 is 6.70. The van der Waals surface area contributed by atoms with Gasteiger partial charge in [-0.15, -0.1) is 0 Å². The summed E-state index contributed by atoms with van der Waals surface area (Å²) in [5.74, 6) is -4.75. The molecule has 0 bridgehead atoms. The largest absolute Gasteiger partial charge is 0.298 e. The minimum atomic E-state index is -3.78. The Labute approximate surface area is 378 Å². The molecular formula is C45H40ClF8N5O5S2. The van der Waals surface area contributed by atoms with Crippen molar-refractivity contribution in [3.05, 3.63) is 98.7 Å². The number of hydrogen-bond acceptors (Lipinski definition) is 8. The van der Waals surface area contributed by atoms with Crippen LogP contribution in [0.15, 0.2) is 42.5 Å². The fourth-order valence-corrected chi connectivity index (χ4v) is 12.9. The molecule has 0 radical (unpaired) electrons. The Hall–Kier alpha value is -4.87. The number of fused-ring (bicyclic) bond motifs is 4. The minimum absolute atomic E-state index is 0.00523. The SMILES string of the molecule is CC(C)(C#Cc1ccc(-c2ccc(Cl)c3c(CS(=O)(=O)C4CC4)nn(CC(F)F)c23)c([C@@H](CC(=O)Cn2nc(C(F)F)c3c2C(F)(F)[C@@H]2C[C@H]32)Cc2cc(F)cc(F)c2)n1)S(=O)(=O)C1CC1. The summed E-state index contributed by atoms with van der Waals surface area (Å²) in [4.78, 5) is 19.0. The average Bonchev–Trinajstić information content (AvgIpc) is 4.11. The first kappa shape index (κ1) is 46.2. The van der Waals surface area contributed by atoms with E-state index >= 15 is 8.78 Å². The number of halogens is 9. The lowest BCUT2D eigenvalue weighted by molar-refractivity contribution is -0.120. The highest BCUT2D eigenvalue weighted by Crippen LogP contribution is 2.68. The van der Waals surface area contributed by atoms with Crippen molar-refractivity contribution in [3.8, 4) is 23.0 Å². The zero-order chi connectivity index (χ0) is 47.4. The Morgan fingerprint density at radius 2 is 1.58 bits per heavy atom. The second-order valence-electron chi connectivity index (χ2n) is 18.1. The summed E-state index contributed by atoms with van der Waals surface area (Å²) in [5.41, 5.74) is -2.00. The lowest BCUT2D eigenvalue weighted by atomic mass is 9.86. The number of aromatic nitrogens is 5. The zero-order valence-corrected chi connectivity index (χ0v) is 37.5. The van der Waals surface area contributed by atoms with Gasteiger partial charge in [-0.05, 0) is 100 Å². The van der Waals surface area contributed by atoms with Gasteiger partial charge in [0.25, 0.3) is 18.8 Å². The normalized spacial score (nSPS) is 19.5. The Bertz CT molecular complexity index is 3100. The van der Waals surface area contributed by atoms with Gasteiger partial charge in [0.2, 0.25) is 0 Å². The van der Waals surface area contributed by atoms with Gasteiger partial charge in [0.1, 0.15) is 46.6 Å². The van der Waals surface area contributed by atoms with Gasteiger partial charge < -0.3 is 0 Å². The lowest BCUT2D eigenvalue weighted by Gasteiger charge is -2.22. The van der Waals surface area contributed by atoms with Crippen LogP contribution in [0.25, 0.3) is 22.0 Å². The van der Waals surface area contributed by atoms with Crippen molar-refractivity contribution in [1.82, 2.24) is 24.5 Å². The highest BCUT2D eigenvalue weighted by Gasteiger charge is 2.67. The number of carbonyl (C=O) groups excluding carboxylic acids is 1. The average molecular weight is 982 g/mol. The molecule has 21 heteroatoms. The van der Waals surface area contributed by atoms with Crippen LogP contribution >= 0.6 is 11.6 Å². The van der Waals surface area contributed by atoms with E-state index in [-0.39, 0.29) is 68.1 Å². The smallest absolute Gasteiger partial charge is 0.293 e. The number of rotatable bonds is 16. The van der Waals surface area contributed by atoms with Crippen LogP contribution in [0.4, 0.5) is 35.1 Å². The number of nitrogens with zero attached hydrogens (tertiary/aromatic N) is 5. The number of ketones is 1. The lowest BCUT2D eigenvalue weighted by Crippen LogP contribution is -2.33. The van der Waals surface area contributed by atoms with Gasteiger partial charge in [-0.3, -0.25) is 14.2 Å². The van der Waals surface area contributed by atoms with E-state index in [4.69, 9.17) is 16.6 Å². The van der Waals surface area contributed by atoms with Crippen molar-refractivity contribution in [3.63, 3.8) is 0 Å². The molecule has 2 aromatic carbocycles. The maximum atomic E-state index is 15.6. The van der Waals surface area contributed by atoms with Gasteiger partial charge in [-0.1, -0.05) is 23.6 Å². The van der Waals surface area contributed by atoms with E-state index in [2.05, 4.69) is 22.0 Å². The van der Waals surface area contributed by atoms with Crippen molar-refractivity contribution in [2.75, 3.05) is 0 Å². The molecule has 3 fully saturated rings. The molecular weight excluding hydrogens is 942 g/mol. The molecule has 5 aromatic rings. The van der Waals surface area contributed by atoms with Crippen molar-refractivity contribution < 1.29 is 56.8 Å². The first-order valence-corrected chi connectivity index (χ1v) is 24.8. The Kier molecular flexibility index (Phi) is 11.5. The molecule has 3 atom stereocenters. The van der Waals surface area contributed by atoms with Crippen LogP contribution in [0.5, 0.6) is 0 Å². The summed E-state index contributed by atoms with van der Waals surface area (Å²) in [7, 11) is -7.51. The molecule has 66 heavy (non-hydrogen) atoms. The first-order valence-electron chi connectivity index (χ1n) is 21.2. The van der Waals surface area contributed by atoms with Crippen molar-refractivity contribution in [1.29, 1.82) is 0 Å². The molecule has 10 nitrogen and oxygen atoms in total. The maximum Gasteiger partial charge on any atom is 0.293 e.